The van der Waals surface area contributed by atoms with Crippen LogP contribution in [0.3, 0.4) is 0 Å². The molecule has 104 valence electrons. The van der Waals surface area contributed by atoms with Gasteiger partial charge in [-0.3, -0.25) is 14.9 Å². The molecule has 1 N–H and O–H groups in total. The summed E-state index contributed by atoms with van der Waals surface area (Å²) in [4.78, 5) is 26.1. The quantitative estimate of drug-likeness (QED) is 0.686. The highest BCUT2D eigenvalue weighted by atomic mass is 16.6. The van der Waals surface area contributed by atoms with Gasteiger partial charge < -0.3 is 5.32 Å². The monoisotopic (exact) mass is 282 g/mol. The van der Waals surface area contributed by atoms with E-state index < -0.39 is 10.8 Å². The lowest BCUT2D eigenvalue weighted by Crippen LogP contribution is -2.13. The number of rotatable bonds is 3. The van der Waals surface area contributed by atoms with Crippen molar-refractivity contribution in [1.82, 2.24) is 4.98 Å². The Hall–Kier alpha value is -3.27. The summed E-state index contributed by atoms with van der Waals surface area (Å²) in [6.07, 6.45) is 1.28. The smallest absolute Gasteiger partial charge is 0.274 e. The van der Waals surface area contributed by atoms with E-state index in [9.17, 15) is 14.9 Å². The summed E-state index contributed by atoms with van der Waals surface area (Å²) in [6, 6.07) is 9.20. The molecule has 1 amide bonds. The number of aromatic nitrogens is 1. The van der Waals surface area contributed by atoms with Crippen LogP contribution in [0.4, 0.5) is 11.4 Å². The first-order valence-electron chi connectivity index (χ1n) is 5.94. The summed E-state index contributed by atoms with van der Waals surface area (Å²) >= 11 is 0. The number of nitro groups is 1. The molecule has 2 aromatic rings. The minimum Gasteiger partial charge on any atom is -0.320 e. The second kappa shape index (κ2) is 5.79. The Morgan fingerprint density at radius 2 is 2.14 bits per heavy atom. The van der Waals surface area contributed by atoms with E-state index in [-0.39, 0.29) is 11.4 Å². The van der Waals surface area contributed by atoms with Crippen LogP contribution in [0.15, 0.2) is 36.5 Å². The van der Waals surface area contributed by atoms with Crippen molar-refractivity contribution >= 4 is 17.3 Å². The number of nitro benzene ring substituents is 1. The van der Waals surface area contributed by atoms with Crippen LogP contribution in [0.1, 0.15) is 21.6 Å². The fourth-order valence-corrected chi connectivity index (χ4v) is 1.67. The highest BCUT2D eigenvalue weighted by Gasteiger charge is 2.13. The maximum atomic E-state index is 12.0. The number of carbonyl (C=O) groups excluding carboxylic acids is 1. The van der Waals surface area contributed by atoms with Gasteiger partial charge in [0.05, 0.1) is 10.5 Å². The van der Waals surface area contributed by atoms with Crippen LogP contribution < -0.4 is 5.32 Å². The van der Waals surface area contributed by atoms with Crippen molar-refractivity contribution in [2.24, 2.45) is 0 Å². The average Bonchev–Trinajstić information content (AvgIpc) is 2.49. The number of carbonyl (C=O) groups is 1. The topological polar surface area (TPSA) is 109 Å². The lowest BCUT2D eigenvalue weighted by molar-refractivity contribution is -0.385. The van der Waals surface area contributed by atoms with Gasteiger partial charge in [0.25, 0.3) is 11.6 Å². The van der Waals surface area contributed by atoms with Crippen molar-refractivity contribution in [1.29, 1.82) is 5.26 Å². The standard InChI is InChI=1S/C14H10N4O3/c1-9-2-4-11(6-13(9)18(20)21)17-14(19)12-5-3-10(7-15)8-16-12/h2-6,8H,1H3,(H,17,19). The minimum absolute atomic E-state index is 0.0689. The number of nitrogens with one attached hydrogen (secondary N) is 1. The SMILES string of the molecule is Cc1ccc(NC(=O)c2ccc(C#N)cn2)cc1[N+](=O)[O-]. The normalized spacial score (nSPS) is 9.71. The van der Waals surface area contributed by atoms with Gasteiger partial charge in [0, 0.05) is 23.5 Å². The molecule has 0 spiro atoms. The van der Waals surface area contributed by atoms with Crippen LogP contribution in [0.25, 0.3) is 0 Å². The Bertz CT molecular complexity index is 748. The molecule has 0 atom stereocenters. The molecule has 0 saturated carbocycles. The summed E-state index contributed by atoms with van der Waals surface area (Å²) in [7, 11) is 0. The van der Waals surface area contributed by atoms with E-state index in [0.717, 1.165) is 0 Å². The van der Waals surface area contributed by atoms with Crippen molar-refractivity contribution in [2.45, 2.75) is 6.92 Å². The van der Waals surface area contributed by atoms with E-state index in [1.165, 1.54) is 24.4 Å². The number of nitrogens with zero attached hydrogens (tertiary/aromatic N) is 3. The second-order valence-corrected chi connectivity index (χ2v) is 4.26. The van der Waals surface area contributed by atoms with E-state index in [1.807, 2.05) is 6.07 Å². The van der Waals surface area contributed by atoms with Crippen LogP contribution in [-0.4, -0.2) is 15.8 Å². The number of hydrogen-bond acceptors (Lipinski definition) is 5. The maximum Gasteiger partial charge on any atom is 0.274 e. The first-order valence-corrected chi connectivity index (χ1v) is 5.94. The van der Waals surface area contributed by atoms with E-state index in [1.54, 1.807) is 19.1 Å². The number of hydrogen-bond donors (Lipinski definition) is 1. The first-order chi connectivity index (χ1) is 10.0. The van der Waals surface area contributed by atoms with E-state index in [2.05, 4.69) is 10.3 Å². The summed E-state index contributed by atoms with van der Waals surface area (Å²) in [5.74, 6) is -0.502. The van der Waals surface area contributed by atoms with Crippen molar-refractivity contribution in [2.75, 3.05) is 5.32 Å². The summed E-state index contributed by atoms with van der Waals surface area (Å²) in [6.45, 7) is 1.62. The molecule has 0 bridgehead atoms. The van der Waals surface area contributed by atoms with E-state index in [0.29, 0.717) is 16.8 Å². The molecule has 0 radical (unpaired) electrons. The van der Waals surface area contributed by atoms with Crippen molar-refractivity contribution < 1.29 is 9.72 Å². The molecular weight excluding hydrogens is 272 g/mol. The van der Waals surface area contributed by atoms with Gasteiger partial charge >= 0.3 is 0 Å². The Labute approximate surface area is 120 Å². The van der Waals surface area contributed by atoms with Gasteiger partial charge in [-0.15, -0.1) is 0 Å². The Balaban J connectivity index is 2.21. The van der Waals surface area contributed by atoms with Gasteiger partial charge in [-0.2, -0.15) is 5.26 Å². The van der Waals surface area contributed by atoms with E-state index >= 15 is 0 Å². The fourth-order valence-electron chi connectivity index (χ4n) is 1.67. The molecule has 0 fully saturated rings. The molecule has 7 nitrogen and oxygen atoms in total. The lowest BCUT2D eigenvalue weighted by Gasteiger charge is -2.05. The molecule has 0 saturated heterocycles. The highest BCUT2D eigenvalue weighted by molar-refractivity contribution is 6.03. The summed E-state index contributed by atoms with van der Waals surface area (Å²) in [5, 5.41) is 22.0. The van der Waals surface area contributed by atoms with Crippen LogP contribution >= 0.6 is 0 Å². The largest absolute Gasteiger partial charge is 0.320 e. The third-order valence-corrected chi connectivity index (χ3v) is 2.79. The number of benzene rings is 1. The third kappa shape index (κ3) is 3.19. The van der Waals surface area contributed by atoms with Crippen molar-refractivity contribution in [3.63, 3.8) is 0 Å². The second-order valence-electron chi connectivity index (χ2n) is 4.26. The van der Waals surface area contributed by atoms with Crippen molar-refractivity contribution in [3.8, 4) is 6.07 Å². The molecule has 1 aromatic carbocycles. The zero-order valence-corrected chi connectivity index (χ0v) is 11.0. The number of anilines is 1. The molecular formula is C14H10N4O3. The van der Waals surface area contributed by atoms with Crippen LogP contribution in [-0.2, 0) is 0 Å². The minimum atomic E-state index is -0.509. The zero-order chi connectivity index (χ0) is 15.4. The van der Waals surface area contributed by atoms with E-state index in [4.69, 9.17) is 5.26 Å². The predicted octanol–water partition coefficient (Wildman–Crippen LogP) is 2.42. The zero-order valence-electron chi connectivity index (χ0n) is 11.0. The summed E-state index contributed by atoms with van der Waals surface area (Å²) in [5.41, 5.74) is 1.22. The number of amides is 1. The van der Waals surface area contributed by atoms with Crippen LogP contribution in [0.2, 0.25) is 0 Å². The van der Waals surface area contributed by atoms with Crippen LogP contribution in [0, 0.1) is 28.4 Å². The van der Waals surface area contributed by atoms with Gasteiger partial charge in [0.1, 0.15) is 11.8 Å². The van der Waals surface area contributed by atoms with Gasteiger partial charge in [0.15, 0.2) is 0 Å². The van der Waals surface area contributed by atoms with Crippen molar-refractivity contribution in [3.05, 3.63) is 63.5 Å². The van der Waals surface area contributed by atoms with Gasteiger partial charge in [0.2, 0.25) is 0 Å². The molecule has 1 aromatic heterocycles. The Morgan fingerprint density at radius 1 is 1.38 bits per heavy atom. The Kier molecular flexibility index (Phi) is 3.90. The third-order valence-electron chi connectivity index (χ3n) is 2.79. The first kappa shape index (κ1) is 14.1. The Morgan fingerprint density at radius 3 is 2.71 bits per heavy atom. The number of nitriles is 1. The van der Waals surface area contributed by atoms with Gasteiger partial charge in [-0.1, -0.05) is 6.07 Å². The molecule has 7 heteroatoms. The molecule has 0 aliphatic rings. The maximum absolute atomic E-state index is 12.0. The number of pyridine rings is 1. The highest BCUT2D eigenvalue weighted by Crippen LogP contribution is 2.22. The fraction of sp³-hybridized carbons (Fsp3) is 0.0714. The predicted molar refractivity (Wildman–Crippen MR) is 74.7 cm³/mol. The average molecular weight is 282 g/mol. The molecule has 0 unspecified atom stereocenters. The summed E-state index contributed by atoms with van der Waals surface area (Å²) < 4.78 is 0. The number of aryl methyl sites for hydroxylation is 1. The molecule has 0 aliphatic carbocycles. The lowest BCUT2D eigenvalue weighted by atomic mass is 10.2. The molecule has 0 aliphatic heterocycles. The molecule has 21 heavy (non-hydrogen) atoms. The van der Waals surface area contributed by atoms with Gasteiger partial charge in [-0.05, 0) is 25.1 Å². The molecule has 1 heterocycles. The van der Waals surface area contributed by atoms with Crippen LogP contribution in [0.5, 0.6) is 0 Å². The molecule has 2 rings (SSSR count). The van der Waals surface area contributed by atoms with Gasteiger partial charge in [-0.25, -0.2) is 4.98 Å².